The molecule has 0 aliphatic rings. The lowest BCUT2D eigenvalue weighted by Gasteiger charge is -2.16. The molecule has 0 aromatic rings. The van der Waals surface area contributed by atoms with E-state index >= 15 is 0 Å². The van der Waals surface area contributed by atoms with Gasteiger partial charge in [0, 0.05) is 0 Å². The summed E-state index contributed by atoms with van der Waals surface area (Å²) >= 11 is 0. The third kappa shape index (κ3) is 1.53. The number of hydrogen-bond donors (Lipinski definition) is 2. The van der Waals surface area contributed by atoms with E-state index < -0.39 is 17.5 Å². The number of primary amides is 1. The van der Waals surface area contributed by atoms with Gasteiger partial charge in [-0.15, -0.1) is 0 Å². The van der Waals surface area contributed by atoms with Gasteiger partial charge in [0.2, 0.25) is 0 Å². The molecule has 0 radical (unpaired) electrons. The summed E-state index contributed by atoms with van der Waals surface area (Å²) in [5, 5.41) is 0. The third-order valence-corrected chi connectivity index (χ3v) is 1.12. The van der Waals surface area contributed by atoms with Crippen molar-refractivity contribution in [3.8, 4) is 0 Å². The summed E-state index contributed by atoms with van der Waals surface area (Å²) in [6.45, 7) is 2.95. The second kappa shape index (κ2) is 3.11. The zero-order valence-corrected chi connectivity index (χ0v) is 6.03. The van der Waals surface area contributed by atoms with Crippen LogP contribution in [0.15, 0.2) is 4.99 Å². The molecule has 0 aliphatic carbocycles. The van der Waals surface area contributed by atoms with Gasteiger partial charge in [-0.1, -0.05) is 0 Å². The smallest absolute Gasteiger partial charge is 0.358 e. The lowest BCUT2D eigenvalue weighted by molar-refractivity contribution is -0.150. The molecule has 0 aromatic heterocycles. The molecular weight excluding hydrogens is 150 g/mol. The summed E-state index contributed by atoms with van der Waals surface area (Å²) < 4.78 is 4.17. The SMILES string of the molecule is C=NC(N)(C(N)=O)C(=O)OC. The number of nitrogens with zero attached hydrogens (tertiary/aromatic N) is 1. The van der Waals surface area contributed by atoms with Gasteiger partial charge in [0.15, 0.2) is 0 Å². The molecule has 0 aromatic carbocycles. The molecule has 0 heterocycles. The Balaban J connectivity index is 4.74. The van der Waals surface area contributed by atoms with E-state index in [4.69, 9.17) is 11.5 Å². The number of aliphatic imine (C=N–C) groups is 1. The molecule has 6 nitrogen and oxygen atoms in total. The van der Waals surface area contributed by atoms with Crippen molar-refractivity contribution in [3.63, 3.8) is 0 Å². The van der Waals surface area contributed by atoms with Crippen LogP contribution in [0.4, 0.5) is 0 Å². The normalized spacial score (nSPS) is 14.7. The highest BCUT2D eigenvalue weighted by atomic mass is 16.5. The Morgan fingerprint density at radius 1 is 1.64 bits per heavy atom. The van der Waals surface area contributed by atoms with E-state index in [9.17, 15) is 9.59 Å². The quantitative estimate of drug-likeness (QED) is 0.282. The first kappa shape index (κ1) is 9.57. The number of carbonyl (C=O) groups excluding carboxylic acids is 2. The average molecular weight is 159 g/mol. The topological polar surface area (TPSA) is 108 Å². The van der Waals surface area contributed by atoms with Gasteiger partial charge in [0.25, 0.3) is 11.6 Å². The van der Waals surface area contributed by atoms with Gasteiger partial charge in [-0.05, 0) is 6.72 Å². The van der Waals surface area contributed by atoms with Crippen molar-refractivity contribution in [2.75, 3.05) is 7.11 Å². The molecule has 1 atom stereocenters. The van der Waals surface area contributed by atoms with E-state index in [1.165, 1.54) is 0 Å². The highest BCUT2D eigenvalue weighted by Crippen LogP contribution is 2.02. The first-order valence-electron chi connectivity index (χ1n) is 2.64. The molecule has 0 aliphatic heterocycles. The van der Waals surface area contributed by atoms with Crippen molar-refractivity contribution >= 4 is 18.6 Å². The van der Waals surface area contributed by atoms with Crippen LogP contribution in [0.25, 0.3) is 0 Å². The standard InChI is InChI=1S/C5H9N3O3/c1-8-5(7,3(6)9)4(10)11-2/h1,7H2,2H3,(H2,6,9). The number of esters is 1. The Kier molecular flexibility index (Phi) is 2.70. The Bertz CT molecular complexity index is 203. The fourth-order valence-electron chi connectivity index (χ4n) is 0.399. The number of methoxy groups -OCH3 is 1. The Hall–Kier alpha value is -1.43. The molecule has 1 unspecified atom stereocenters. The van der Waals surface area contributed by atoms with Crippen LogP contribution in [0.1, 0.15) is 0 Å². The monoisotopic (exact) mass is 159 g/mol. The fourth-order valence-corrected chi connectivity index (χ4v) is 0.399. The average Bonchev–Trinajstić information content (AvgIpc) is 2.01. The molecule has 0 saturated carbocycles. The van der Waals surface area contributed by atoms with Crippen molar-refractivity contribution in [2.45, 2.75) is 5.66 Å². The van der Waals surface area contributed by atoms with Gasteiger partial charge < -0.3 is 10.5 Å². The number of nitrogens with two attached hydrogens (primary N) is 2. The molecular formula is C5H9N3O3. The molecule has 0 bridgehead atoms. The van der Waals surface area contributed by atoms with Crippen molar-refractivity contribution in [2.24, 2.45) is 16.5 Å². The molecule has 62 valence electrons. The van der Waals surface area contributed by atoms with Gasteiger partial charge in [-0.25, -0.2) is 4.79 Å². The molecule has 0 fully saturated rings. The van der Waals surface area contributed by atoms with E-state index in [2.05, 4.69) is 16.4 Å². The van der Waals surface area contributed by atoms with Crippen LogP contribution in [0.5, 0.6) is 0 Å². The first-order chi connectivity index (χ1) is 4.99. The summed E-state index contributed by atoms with van der Waals surface area (Å²) in [5.74, 6) is -2.13. The maximum absolute atomic E-state index is 10.7. The lowest BCUT2D eigenvalue weighted by Crippen LogP contribution is -2.57. The van der Waals surface area contributed by atoms with Gasteiger partial charge >= 0.3 is 5.97 Å². The molecule has 11 heavy (non-hydrogen) atoms. The third-order valence-electron chi connectivity index (χ3n) is 1.12. The predicted molar refractivity (Wildman–Crippen MR) is 37.7 cm³/mol. The van der Waals surface area contributed by atoms with Crippen molar-refractivity contribution in [3.05, 3.63) is 0 Å². The number of carbonyl (C=O) groups is 2. The van der Waals surface area contributed by atoms with Gasteiger partial charge in [-0.2, -0.15) is 0 Å². The molecule has 0 saturated heterocycles. The number of hydrogen-bond acceptors (Lipinski definition) is 5. The second-order valence-electron chi connectivity index (χ2n) is 1.78. The molecule has 6 heteroatoms. The molecule has 1 amide bonds. The van der Waals surface area contributed by atoms with Crippen LogP contribution in [0, 0.1) is 0 Å². The fraction of sp³-hybridized carbons (Fsp3) is 0.400. The van der Waals surface area contributed by atoms with Crippen LogP contribution >= 0.6 is 0 Å². The van der Waals surface area contributed by atoms with Crippen LogP contribution in [-0.2, 0) is 14.3 Å². The van der Waals surface area contributed by atoms with Gasteiger partial charge in [-0.3, -0.25) is 15.5 Å². The second-order valence-corrected chi connectivity index (χ2v) is 1.78. The minimum Gasteiger partial charge on any atom is -0.466 e. The Morgan fingerprint density at radius 2 is 2.09 bits per heavy atom. The number of ether oxygens (including phenoxy) is 1. The van der Waals surface area contributed by atoms with Crippen molar-refractivity contribution in [1.29, 1.82) is 0 Å². The number of rotatable bonds is 3. The highest BCUT2D eigenvalue weighted by Gasteiger charge is 2.40. The maximum Gasteiger partial charge on any atom is 0.358 e. The minimum absolute atomic E-state index is 1.03. The zero-order chi connectivity index (χ0) is 9.07. The van der Waals surface area contributed by atoms with E-state index in [0.29, 0.717) is 0 Å². The lowest BCUT2D eigenvalue weighted by atomic mass is 10.2. The van der Waals surface area contributed by atoms with Crippen LogP contribution in [0.3, 0.4) is 0 Å². The highest BCUT2D eigenvalue weighted by molar-refractivity contribution is 6.06. The minimum atomic E-state index is -2.16. The summed E-state index contributed by atoms with van der Waals surface area (Å²) in [5.41, 5.74) is 7.72. The Morgan fingerprint density at radius 3 is 2.18 bits per heavy atom. The van der Waals surface area contributed by atoms with Gasteiger partial charge in [0.1, 0.15) is 0 Å². The van der Waals surface area contributed by atoms with E-state index in [1.807, 2.05) is 0 Å². The van der Waals surface area contributed by atoms with E-state index in [-0.39, 0.29) is 0 Å². The van der Waals surface area contributed by atoms with Gasteiger partial charge in [0.05, 0.1) is 7.11 Å². The molecule has 0 rings (SSSR count). The predicted octanol–water partition coefficient (Wildman–Crippen LogP) is -2.00. The summed E-state index contributed by atoms with van der Waals surface area (Å²) in [4.78, 5) is 24.3. The summed E-state index contributed by atoms with van der Waals surface area (Å²) in [6.07, 6.45) is 0. The summed E-state index contributed by atoms with van der Waals surface area (Å²) in [6, 6.07) is 0. The van der Waals surface area contributed by atoms with Crippen molar-refractivity contribution < 1.29 is 14.3 Å². The van der Waals surface area contributed by atoms with Crippen LogP contribution < -0.4 is 11.5 Å². The number of amides is 1. The van der Waals surface area contributed by atoms with E-state index in [1.54, 1.807) is 0 Å². The molecule has 4 N–H and O–H groups in total. The van der Waals surface area contributed by atoms with E-state index in [0.717, 1.165) is 7.11 Å². The summed E-state index contributed by atoms with van der Waals surface area (Å²) in [7, 11) is 1.07. The molecule has 0 spiro atoms. The zero-order valence-electron chi connectivity index (χ0n) is 6.03. The largest absolute Gasteiger partial charge is 0.466 e. The Labute approximate surface area is 63.2 Å². The maximum atomic E-state index is 10.7. The van der Waals surface area contributed by atoms with Crippen LogP contribution in [-0.4, -0.2) is 31.4 Å². The van der Waals surface area contributed by atoms with Crippen LogP contribution in [0.2, 0.25) is 0 Å². The van der Waals surface area contributed by atoms with Crippen molar-refractivity contribution in [1.82, 2.24) is 0 Å². The first-order valence-corrected chi connectivity index (χ1v) is 2.64.